The third-order valence-electron chi connectivity index (χ3n) is 4.75. The van der Waals surface area contributed by atoms with Crippen molar-refractivity contribution in [2.75, 3.05) is 0 Å². The largest absolute Gasteiger partial charge is 0.508 e. The van der Waals surface area contributed by atoms with Crippen LogP contribution in [0.4, 0.5) is 0 Å². The van der Waals surface area contributed by atoms with Gasteiger partial charge in [-0.05, 0) is 31.9 Å². The van der Waals surface area contributed by atoms with Gasteiger partial charge in [-0.1, -0.05) is 11.6 Å². The molecule has 4 unspecified atom stereocenters. The summed E-state index contributed by atoms with van der Waals surface area (Å²) in [5, 5.41) is 30.7. The molecule has 6 nitrogen and oxygen atoms in total. The molecule has 2 heterocycles. The van der Waals surface area contributed by atoms with Crippen molar-refractivity contribution in [2.45, 2.75) is 43.7 Å². The van der Waals surface area contributed by atoms with Crippen molar-refractivity contribution in [1.82, 2.24) is 0 Å². The van der Waals surface area contributed by atoms with Crippen LogP contribution in [0.15, 0.2) is 23.8 Å². The second-order valence-electron chi connectivity index (χ2n) is 6.13. The quantitative estimate of drug-likeness (QED) is 0.287. The van der Waals surface area contributed by atoms with Crippen LogP contribution in [-0.4, -0.2) is 39.1 Å². The minimum atomic E-state index is -1.34. The Bertz CT molecular complexity index is 709. The van der Waals surface area contributed by atoms with Crippen molar-refractivity contribution in [2.24, 2.45) is 0 Å². The maximum absolute atomic E-state index is 12.2. The minimum absolute atomic E-state index is 0.0378. The molecule has 4 rings (SSSR count). The van der Waals surface area contributed by atoms with E-state index in [-0.39, 0.29) is 17.9 Å². The van der Waals surface area contributed by atoms with E-state index in [1.807, 2.05) is 13.0 Å². The number of epoxide rings is 1. The van der Waals surface area contributed by atoms with Crippen LogP contribution in [0.2, 0.25) is 0 Å². The van der Waals surface area contributed by atoms with E-state index in [0.29, 0.717) is 17.5 Å². The van der Waals surface area contributed by atoms with E-state index in [1.165, 1.54) is 12.1 Å². The molecule has 4 atom stereocenters. The van der Waals surface area contributed by atoms with E-state index in [0.717, 1.165) is 5.57 Å². The van der Waals surface area contributed by atoms with E-state index < -0.39 is 29.9 Å². The Morgan fingerprint density at radius 3 is 2.73 bits per heavy atom. The number of phenols is 2. The highest BCUT2D eigenvalue weighted by molar-refractivity contribution is 5.88. The lowest BCUT2D eigenvalue weighted by Gasteiger charge is -2.19. The molecule has 1 aromatic rings. The highest BCUT2D eigenvalue weighted by Crippen LogP contribution is 2.58. The molecular weight excluding hydrogens is 288 g/mol. The van der Waals surface area contributed by atoms with Crippen molar-refractivity contribution in [1.29, 1.82) is 0 Å². The van der Waals surface area contributed by atoms with E-state index in [9.17, 15) is 20.1 Å². The first-order valence-electron chi connectivity index (χ1n) is 7.21. The van der Waals surface area contributed by atoms with Gasteiger partial charge in [-0.15, -0.1) is 0 Å². The molecule has 0 aromatic heterocycles. The van der Waals surface area contributed by atoms with Crippen LogP contribution in [0.3, 0.4) is 0 Å². The third kappa shape index (κ3) is 1.59. The molecule has 1 aromatic carbocycles. The number of ether oxygens (including phenoxy) is 2. The van der Waals surface area contributed by atoms with E-state index in [1.54, 1.807) is 0 Å². The van der Waals surface area contributed by atoms with Gasteiger partial charge in [-0.25, -0.2) is 4.79 Å². The smallest absolute Gasteiger partial charge is 0.344 e. The predicted molar refractivity (Wildman–Crippen MR) is 74.3 cm³/mol. The molecule has 3 aliphatic rings. The summed E-state index contributed by atoms with van der Waals surface area (Å²) >= 11 is 0. The third-order valence-corrected chi connectivity index (χ3v) is 4.75. The monoisotopic (exact) mass is 304 g/mol. The number of phenolic OH excluding ortho intramolecular Hbond substituents is 2. The summed E-state index contributed by atoms with van der Waals surface area (Å²) in [6.07, 6.45) is 0.0706. The summed E-state index contributed by atoms with van der Waals surface area (Å²) in [7, 11) is 0. The fourth-order valence-corrected chi connectivity index (χ4v) is 3.49. The van der Waals surface area contributed by atoms with Crippen molar-refractivity contribution in [3.63, 3.8) is 0 Å². The number of esters is 1. The van der Waals surface area contributed by atoms with Gasteiger partial charge in [-0.3, -0.25) is 0 Å². The van der Waals surface area contributed by atoms with Crippen LogP contribution in [-0.2, 0) is 20.7 Å². The van der Waals surface area contributed by atoms with Gasteiger partial charge in [0.2, 0.25) is 5.60 Å². The number of aromatic hydroxyl groups is 2. The number of hydrogen-bond donors (Lipinski definition) is 3. The molecule has 0 amide bonds. The topological polar surface area (TPSA) is 99.5 Å². The number of allylic oxidation sites excluding steroid dienone is 1. The molecular formula is C16H16O6. The summed E-state index contributed by atoms with van der Waals surface area (Å²) in [5.41, 5.74) is 0.464. The normalized spacial score (nSPS) is 36.0. The first-order chi connectivity index (χ1) is 10.4. The number of fused-ring (bicyclic) bond motifs is 2. The standard InChI is InChI=1S/C16H16O6/c1-7-2-5-11(19)16-14(22-16)13(21-15(16)20)12-8(6-7)9(17)3-4-10(12)18/h2-4,11,13-14,17-19H,5-6H2,1H3. The SMILES string of the molecule is CC1=CCC(O)C23OC2C(OC3=O)c2c(O)ccc(O)c2C1. The molecule has 0 spiro atoms. The Morgan fingerprint density at radius 1 is 1.27 bits per heavy atom. The van der Waals surface area contributed by atoms with Crippen LogP contribution >= 0.6 is 0 Å². The molecule has 22 heavy (non-hydrogen) atoms. The zero-order chi connectivity index (χ0) is 15.6. The average molecular weight is 304 g/mol. The molecule has 2 bridgehead atoms. The van der Waals surface area contributed by atoms with Crippen molar-refractivity contribution < 1.29 is 29.6 Å². The van der Waals surface area contributed by atoms with Gasteiger partial charge in [0.05, 0.1) is 0 Å². The number of aliphatic hydroxyl groups is 1. The molecule has 2 fully saturated rings. The van der Waals surface area contributed by atoms with Crippen LogP contribution in [0, 0.1) is 0 Å². The lowest BCUT2D eigenvalue weighted by molar-refractivity contribution is -0.158. The zero-order valence-corrected chi connectivity index (χ0v) is 11.9. The fourth-order valence-electron chi connectivity index (χ4n) is 3.49. The lowest BCUT2D eigenvalue weighted by Crippen LogP contribution is -2.36. The van der Waals surface area contributed by atoms with Crippen molar-refractivity contribution in [3.8, 4) is 11.5 Å². The van der Waals surface area contributed by atoms with Crippen molar-refractivity contribution in [3.05, 3.63) is 34.9 Å². The Balaban J connectivity index is 1.92. The van der Waals surface area contributed by atoms with E-state index in [4.69, 9.17) is 9.47 Å². The number of aliphatic hydroxyl groups excluding tert-OH is 1. The number of rotatable bonds is 0. The molecule has 1 aliphatic carbocycles. The molecule has 2 aliphatic heterocycles. The maximum atomic E-state index is 12.2. The van der Waals surface area contributed by atoms with Gasteiger partial charge in [0.1, 0.15) is 23.7 Å². The highest BCUT2D eigenvalue weighted by atomic mass is 16.7. The molecule has 2 saturated heterocycles. The van der Waals surface area contributed by atoms with Gasteiger partial charge in [-0.2, -0.15) is 0 Å². The molecule has 116 valence electrons. The number of benzene rings is 1. The maximum Gasteiger partial charge on any atom is 0.344 e. The van der Waals surface area contributed by atoms with Crippen LogP contribution in [0.25, 0.3) is 0 Å². The summed E-state index contributed by atoms with van der Waals surface area (Å²) in [6.45, 7) is 1.87. The van der Waals surface area contributed by atoms with Gasteiger partial charge in [0.15, 0.2) is 6.10 Å². The van der Waals surface area contributed by atoms with Gasteiger partial charge >= 0.3 is 5.97 Å². The van der Waals surface area contributed by atoms with Crippen LogP contribution in [0.1, 0.15) is 30.6 Å². The Labute approximate surface area is 126 Å². The minimum Gasteiger partial charge on any atom is -0.508 e. The van der Waals surface area contributed by atoms with Crippen LogP contribution in [0.5, 0.6) is 11.5 Å². The van der Waals surface area contributed by atoms with Gasteiger partial charge < -0.3 is 24.8 Å². The number of carbonyl (C=O) groups is 1. The second kappa shape index (κ2) is 4.24. The van der Waals surface area contributed by atoms with Gasteiger partial charge in [0, 0.05) is 11.1 Å². The molecule has 0 radical (unpaired) electrons. The molecule has 3 N–H and O–H groups in total. The Kier molecular flexibility index (Phi) is 2.62. The average Bonchev–Trinajstić information content (AvgIpc) is 3.17. The lowest BCUT2D eigenvalue weighted by atomic mass is 9.87. The van der Waals surface area contributed by atoms with Crippen molar-refractivity contribution >= 4 is 5.97 Å². The first-order valence-corrected chi connectivity index (χ1v) is 7.21. The summed E-state index contributed by atoms with van der Waals surface area (Å²) in [6, 6.07) is 2.78. The zero-order valence-electron chi connectivity index (χ0n) is 11.9. The van der Waals surface area contributed by atoms with Gasteiger partial charge in [0.25, 0.3) is 0 Å². The second-order valence-corrected chi connectivity index (χ2v) is 6.13. The summed E-state index contributed by atoms with van der Waals surface area (Å²) < 4.78 is 10.9. The molecule has 0 saturated carbocycles. The van der Waals surface area contributed by atoms with E-state index >= 15 is 0 Å². The molecule has 6 heteroatoms. The summed E-state index contributed by atoms with van der Waals surface area (Å²) in [5.74, 6) is -0.632. The summed E-state index contributed by atoms with van der Waals surface area (Å²) in [4.78, 5) is 12.2. The number of carbonyl (C=O) groups excluding carboxylic acids is 1. The fraction of sp³-hybridized carbons (Fsp3) is 0.438. The van der Waals surface area contributed by atoms with E-state index in [2.05, 4.69) is 0 Å². The van der Waals surface area contributed by atoms with Crippen LogP contribution < -0.4 is 0 Å². The Hall–Kier alpha value is -2.05. The predicted octanol–water partition coefficient (Wildman–Crippen LogP) is 1.09. The Morgan fingerprint density at radius 2 is 2.00 bits per heavy atom. The highest BCUT2D eigenvalue weighted by Gasteiger charge is 2.77. The number of hydrogen-bond acceptors (Lipinski definition) is 6. The first kappa shape index (κ1) is 13.6.